The van der Waals surface area contributed by atoms with E-state index in [0.29, 0.717) is 6.54 Å². The molecule has 13 heavy (non-hydrogen) atoms. The summed E-state index contributed by atoms with van der Waals surface area (Å²) >= 11 is 1.51. The first-order chi connectivity index (χ1) is 6.26. The van der Waals surface area contributed by atoms with Crippen molar-refractivity contribution in [3.05, 3.63) is 5.01 Å². The first-order valence-electron chi connectivity index (χ1n) is 3.86. The van der Waals surface area contributed by atoms with Crippen LogP contribution < -0.4 is 5.32 Å². The van der Waals surface area contributed by atoms with Crippen molar-refractivity contribution in [2.45, 2.75) is 13.2 Å². The Bertz CT molecular complexity index is 250. The average Bonchev–Trinajstić information content (AvgIpc) is 2.53. The van der Waals surface area contributed by atoms with Crippen LogP contribution in [0.3, 0.4) is 0 Å². The minimum absolute atomic E-state index is 0.246. The van der Waals surface area contributed by atoms with Gasteiger partial charge in [-0.25, -0.2) is 0 Å². The zero-order chi connectivity index (χ0) is 9.68. The van der Waals surface area contributed by atoms with Crippen molar-refractivity contribution in [2.75, 3.05) is 26.1 Å². The zero-order valence-electron chi connectivity index (χ0n) is 7.90. The second kappa shape index (κ2) is 5.11. The molecular formula is C7H13N3O2S. The largest absolute Gasteiger partial charge is 0.355 e. The second-order valence-corrected chi connectivity index (χ2v) is 3.59. The molecule has 0 aliphatic heterocycles. The highest BCUT2D eigenvalue weighted by molar-refractivity contribution is 7.15. The van der Waals surface area contributed by atoms with Crippen molar-refractivity contribution >= 4 is 16.5 Å². The van der Waals surface area contributed by atoms with E-state index in [9.17, 15) is 0 Å². The average molecular weight is 203 g/mol. The van der Waals surface area contributed by atoms with Crippen LogP contribution in [0.25, 0.3) is 0 Å². The van der Waals surface area contributed by atoms with Crippen molar-refractivity contribution in [1.82, 2.24) is 10.2 Å². The smallest absolute Gasteiger partial charge is 0.205 e. The third-order valence-electron chi connectivity index (χ3n) is 1.47. The van der Waals surface area contributed by atoms with Gasteiger partial charge in [-0.2, -0.15) is 0 Å². The lowest BCUT2D eigenvalue weighted by Gasteiger charge is -2.12. The number of aryl methyl sites for hydroxylation is 1. The van der Waals surface area contributed by atoms with Gasteiger partial charge in [-0.1, -0.05) is 11.3 Å². The monoisotopic (exact) mass is 203 g/mol. The molecule has 0 amide bonds. The van der Waals surface area contributed by atoms with Crippen LogP contribution in [0.5, 0.6) is 0 Å². The summed E-state index contributed by atoms with van der Waals surface area (Å²) in [6, 6.07) is 0. The number of aromatic nitrogens is 2. The number of rotatable bonds is 5. The molecule has 0 unspecified atom stereocenters. The molecule has 0 atom stereocenters. The molecule has 0 bridgehead atoms. The van der Waals surface area contributed by atoms with Crippen LogP contribution in [0, 0.1) is 6.92 Å². The van der Waals surface area contributed by atoms with Crippen molar-refractivity contribution in [3.63, 3.8) is 0 Å². The number of methoxy groups -OCH3 is 2. The van der Waals surface area contributed by atoms with E-state index in [1.807, 2.05) is 6.92 Å². The molecule has 1 aromatic rings. The van der Waals surface area contributed by atoms with E-state index in [4.69, 9.17) is 9.47 Å². The van der Waals surface area contributed by atoms with Gasteiger partial charge in [0, 0.05) is 14.2 Å². The Morgan fingerprint density at radius 3 is 2.54 bits per heavy atom. The van der Waals surface area contributed by atoms with Crippen LogP contribution in [0.4, 0.5) is 5.13 Å². The fraction of sp³-hybridized carbons (Fsp3) is 0.714. The number of nitrogens with one attached hydrogen (secondary N) is 1. The van der Waals surface area contributed by atoms with Gasteiger partial charge in [0.1, 0.15) is 5.01 Å². The number of ether oxygens (including phenoxy) is 2. The predicted octanol–water partition coefficient (Wildman–Crippen LogP) is 0.877. The van der Waals surface area contributed by atoms with Gasteiger partial charge < -0.3 is 14.8 Å². The molecule has 0 fully saturated rings. The normalized spacial score (nSPS) is 10.8. The highest BCUT2D eigenvalue weighted by atomic mass is 32.1. The molecular weight excluding hydrogens is 190 g/mol. The Morgan fingerprint density at radius 2 is 2.08 bits per heavy atom. The van der Waals surface area contributed by atoms with Crippen molar-refractivity contribution in [2.24, 2.45) is 0 Å². The Hall–Kier alpha value is -0.720. The van der Waals surface area contributed by atoms with Gasteiger partial charge >= 0.3 is 0 Å². The molecule has 1 aromatic heterocycles. The van der Waals surface area contributed by atoms with Gasteiger partial charge in [0.15, 0.2) is 6.29 Å². The maximum absolute atomic E-state index is 5.00. The maximum atomic E-state index is 5.00. The fourth-order valence-corrected chi connectivity index (χ4v) is 1.40. The number of hydrogen-bond acceptors (Lipinski definition) is 6. The van der Waals surface area contributed by atoms with E-state index in [1.165, 1.54) is 11.3 Å². The number of anilines is 1. The van der Waals surface area contributed by atoms with Gasteiger partial charge in [-0.3, -0.25) is 0 Å². The summed E-state index contributed by atoms with van der Waals surface area (Å²) in [6.45, 7) is 2.48. The van der Waals surface area contributed by atoms with E-state index < -0.39 is 0 Å². The first-order valence-corrected chi connectivity index (χ1v) is 4.67. The Labute approximate surface area is 81.1 Å². The summed E-state index contributed by atoms with van der Waals surface area (Å²) in [7, 11) is 3.20. The molecule has 0 aliphatic carbocycles. The molecule has 0 aromatic carbocycles. The Morgan fingerprint density at radius 1 is 1.38 bits per heavy atom. The van der Waals surface area contributed by atoms with Crippen molar-refractivity contribution in [3.8, 4) is 0 Å². The summed E-state index contributed by atoms with van der Waals surface area (Å²) in [4.78, 5) is 0. The lowest BCUT2D eigenvalue weighted by Crippen LogP contribution is -2.23. The maximum Gasteiger partial charge on any atom is 0.205 e. The SMILES string of the molecule is COC(CNc1nnc(C)s1)OC. The van der Waals surface area contributed by atoms with E-state index >= 15 is 0 Å². The molecule has 1 rings (SSSR count). The van der Waals surface area contributed by atoms with Crippen LogP contribution in [0.1, 0.15) is 5.01 Å². The lowest BCUT2D eigenvalue weighted by molar-refractivity contribution is -0.0914. The third-order valence-corrected chi connectivity index (χ3v) is 2.27. The van der Waals surface area contributed by atoms with E-state index in [1.54, 1.807) is 14.2 Å². The number of hydrogen-bond donors (Lipinski definition) is 1. The third kappa shape index (κ3) is 3.25. The van der Waals surface area contributed by atoms with Crippen LogP contribution in [0.15, 0.2) is 0 Å². The summed E-state index contributed by atoms with van der Waals surface area (Å²) in [6.07, 6.45) is -0.246. The molecule has 0 radical (unpaired) electrons. The Balaban J connectivity index is 2.33. The minimum atomic E-state index is -0.246. The second-order valence-electron chi connectivity index (χ2n) is 2.41. The number of nitrogens with zero attached hydrogens (tertiary/aromatic N) is 2. The van der Waals surface area contributed by atoms with E-state index in [0.717, 1.165) is 10.1 Å². The van der Waals surface area contributed by atoms with Gasteiger partial charge in [-0.15, -0.1) is 10.2 Å². The summed E-state index contributed by atoms with van der Waals surface area (Å²) in [5.74, 6) is 0. The summed E-state index contributed by atoms with van der Waals surface area (Å²) in [5.41, 5.74) is 0. The first kappa shape index (κ1) is 10.4. The van der Waals surface area contributed by atoms with Crippen LogP contribution >= 0.6 is 11.3 Å². The standard InChI is InChI=1S/C7H13N3O2S/c1-5-9-10-7(13-5)8-4-6(11-2)12-3/h6H,4H2,1-3H3,(H,8,10). The molecule has 0 spiro atoms. The minimum Gasteiger partial charge on any atom is -0.355 e. The highest BCUT2D eigenvalue weighted by Gasteiger charge is 2.05. The molecule has 6 heteroatoms. The molecule has 5 nitrogen and oxygen atoms in total. The molecule has 0 saturated carbocycles. The van der Waals surface area contributed by atoms with Crippen LogP contribution in [-0.2, 0) is 9.47 Å². The van der Waals surface area contributed by atoms with Gasteiger partial charge in [0.2, 0.25) is 5.13 Å². The summed E-state index contributed by atoms with van der Waals surface area (Å²) in [5, 5.41) is 12.6. The summed E-state index contributed by atoms with van der Waals surface area (Å²) < 4.78 is 10.00. The van der Waals surface area contributed by atoms with E-state index in [2.05, 4.69) is 15.5 Å². The quantitative estimate of drug-likeness (QED) is 0.720. The fourth-order valence-electron chi connectivity index (χ4n) is 0.802. The topological polar surface area (TPSA) is 56.3 Å². The lowest BCUT2D eigenvalue weighted by atomic mass is 10.6. The van der Waals surface area contributed by atoms with Crippen molar-refractivity contribution < 1.29 is 9.47 Å². The molecule has 0 aliphatic rings. The van der Waals surface area contributed by atoms with Crippen LogP contribution in [0.2, 0.25) is 0 Å². The highest BCUT2D eigenvalue weighted by Crippen LogP contribution is 2.13. The van der Waals surface area contributed by atoms with E-state index in [-0.39, 0.29) is 6.29 Å². The molecule has 0 saturated heterocycles. The van der Waals surface area contributed by atoms with Crippen LogP contribution in [-0.4, -0.2) is 37.3 Å². The Kier molecular flexibility index (Phi) is 4.07. The van der Waals surface area contributed by atoms with Crippen molar-refractivity contribution in [1.29, 1.82) is 0 Å². The molecule has 1 N–H and O–H groups in total. The molecule has 1 heterocycles. The molecule has 74 valence electrons. The predicted molar refractivity (Wildman–Crippen MR) is 50.9 cm³/mol. The van der Waals surface area contributed by atoms with Gasteiger partial charge in [0.25, 0.3) is 0 Å². The zero-order valence-corrected chi connectivity index (χ0v) is 8.72. The van der Waals surface area contributed by atoms with Gasteiger partial charge in [0.05, 0.1) is 6.54 Å². The van der Waals surface area contributed by atoms with Gasteiger partial charge in [-0.05, 0) is 6.92 Å².